The van der Waals surface area contributed by atoms with Crippen LogP contribution in [-0.2, 0) is 0 Å². The quantitative estimate of drug-likeness (QED) is 0.553. The topological polar surface area (TPSA) is 0 Å². The Morgan fingerprint density at radius 1 is 0.909 bits per heavy atom. The Balaban J connectivity index is -0.00000000972. The smallest absolute Gasteiger partial charge is 0.118 e. The fraction of sp³-hybridized carbons (Fsp3) is 0. The summed E-state index contributed by atoms with van der Waals surface area (Å²) in [4.78, 5) is 0. The van der Waals surface area contributed by atoms with E-state index < -0.39 is 0 Å². The van der Waals surface area contributed by atoms with Crippen LogP contribution < -0.4 is 0 Å². The molecule has 0 bridgehead atoms. The second-order valence-electron chi connectivity index (χ2n) is 0.399. The maximum absolute atomic E-state index is 4.96. The molecule has 0 fully saturated rings. The zero-order valence-corrected chi connectivity index (χ0v) is 10.8. The Morgan fingerprint density at radius 3 is 1.00 bits per heavy atom. The van der Waals surface area contributed by atoms with E-state index in [0.717, 1.165) is 5.54 Å². The monoisotopic (exact) mass is 302 g/mol. The summed E-state index contributed by atoms with van der Waals surface area (Å²) in [6.07, 6.45) is 0. The first-order chi connectivity index (χ1) is 3.27. The number of hydrogen-bond donors (Lipinski definition) is 0. The van der Waals surface area contributed by atoms with Crippen molar-refractivity contribution in [2.24, 2.45) is 0 Å². The Bertz CT molecular complexity index is 57.5. The Morgan fingerprint density at radius 2 is 1.00 bits per heavy atom. The van der Waals surface area contributed by atoms with Gasteiger partial charge in [0.2, 0.25) is 0 Å². The van der Waals surface area contributed by atoms with E-state index in [4.69, 9.17) is 34.8 Å². The lowest BCUT2D eigenvalue weighted by molar-refractivity contribution is 2.36. The molecule has 0 heterocycles. The van der Waals surface area contributed by atoms with Gasteiger partial charge in [0.05, 0.1) is 0 Å². The molecule has 0 atom stereocenters. The lowest BCUT2D eigenvalue weighted by atomic mass is 11.2. The maximum Gasteiger partial charge on any atom is 0.118 e. The van der Waals surface area contributed by atoms with Gasteiger partial charge in [-0.15, -0.1) is 62.8 Å². The van der Waals surface area contributed by atoms with Crippen molar-refractivity contribution in [1.82, 2.24) is 0 Å². The third-order valence-corrected chi connectivity index (χ3v) is 0.742. The molecule has 0 aromatic carbocycles. The molecule has 0 rings (SSSR count). The molecule has 0 saturated heterocycles. The summed E-state index contributed by atoms with van der Waals surface area (Å²) in [6.45, 7) is 6.00. The molecule has 74 valence electrons. The average Bonchev–Trinajstić information content (AvgIpc) is 1.73. The third kappa shape index (κ3) is 84.5. The predicted molar refractivity (Wildman–Crippen MR) is 65.9 cm³/mol. The van der Waals surface area contributed by atoms with Crippen LogP contribution in [-0.4, -0.2) is 0 Å². The highest BCUT2D eigenvalue weighted by molar-refractivity contribution is 6.58. The van der Waals surface area contributed by atoms with Crippen molar-refractivity contribution in [1.29, 1.82) is 0 Å². The largest absolute Gasteiger partial charge is 0.147 e. The fourth-order valence-corrected chi connectivity index (χ4v) is 0. The second-order valence-corrected chi connectivity index (χ2v) is 1.62. The van der Waals surface area contributed by atoms with Crippen LogP contribution in [0.4, 0.5) is 0 Å². The van der Waals surface area contributed by atoms with Gasteiger partial charge in [0.25, 0.3) is 0 Å². The predicted octanol–water partition coefficient (Wildman–Crippen LogP) is 4.99. The van der Waals surface area contributed by atoms with Crippen molar-refractivity contribution in [3.8, 4) is 0 Å². The number of hydrogen-bond acceptors (Lipinski definition) is 0. The van der Waals surface area contributed by atoms with Crippen LogP contribution in [0.5, 0.6) is 0 Å². The molecule has 0 aliphatic heterocycles. The SMILES string of the molecule is C=C.Cl.Cl.Cl.Cl.ClC=C(Cl)Cl. The first-order valence-corrected chi connectivity index (χ1v) is 2.58. The highest BCUT2D eigenvalue weighted by atomic mass is 35.5. The number of halogens is 7. The molecule has 0 aliphatic rings. The van der Waals surface area contributed by atoms with Crippen molar-refractivity contribution >= 4 is 84.4 Å². The molecule has 0 amide bonds. The molecular weight excluding hydrogens is 296 g/mol. The van der Waals surface area contributed by atoms with E-state index >= 15 is 0 Å². The van der Waals surface area contributed by atoms with Gasteiger partial charge in [0, 0.05) is 5.54 Å². The van der Waals surface area contributed by atoms with E-state index in [1.54, 1.807) is 0 Å². The molecule has 7 heteroatoms. The van der Waals surface area contributed by atoms with Crippen LogP contribution in [0, 0.1) is 0 Å². The summed E-state index contributed by atoms with van der Waals surface area (Å²) < 4.78 is 0.0895. The van der Waals surface area contributed by atoms with Gasteiger partial charge in [-0.3, -0.25) is 0 Å². The van der Waals surface area contributed by atoms with Crippen molar-refractivity contribution in [3.05, 3.63) is 23.2 Å². The molecule has 11 heavy (non-hydrogen) atoms. The minimum absolute atomic E-state index is 0. The van der Waals surface area contributed by atoms with Gasteiger partial charge in [-0.05, 0) is 0 Å². The molecule has 0 aromatic rings. The average molecular weight is 305 g/mol. The number of rotatable bonds is 0. The Hall–Kier alpha value is 1.51. The van der Waals surface area contributed by atoms with Crippen LogP contribution in [0.25, 0.3) is 0 Å². The standard InChI is InChI=1S/C2HCl3.C2H4.4ClH/c3-1-2(4)5;1-2;;;;/h1H;1-2H2;4*1H. The summed E-state index contributed by atoms with van der Waals surface area (Å²) in [5.74, 6) is 0. The van der Waals surface area contributed by atoms with Gasteiger partial charge in [0.1, 0.15) is 4.49 Å². The van der Waals surface area contributed by atoms with Crippen LogP contribution in [0.15, 0.2) is 23.2 Å². The van der Waals surface area contributed by atoms with Crippen molar-refractivity contribution in [2.75, 3.05) is 0 Å². The Labute approximate surface area is 107 Å². The van der Waals surface area contributed by atoms with Gasteiger partial charge < -0.3 is 0 Å². The molecule has 0 spiro atoms. The minimum Gasteiger partial charge on any atom is -0.147 e. The summed E-state index contributed by atoms with van der Waals surface area (Å²) >= 11 is 14.8. The molecule has 0 nitrogen and oxygen atoms in total. The zero-order chi connectivity index (χ0) is 6.28. The lowest BCUT2D eigenvalue weighted by Gasteiger charge is -1.64. The van der Waals surface area contributed by atoms with Crippen LogP contribution in [0.3, 0.4) is 0 Å². The van der Waals surface area contributed by atoms with Gasteiger partial charge in [-0.25, -0.2) is 0 Å². The Kier molecular flexibility index (Phi) is 149. The summed E-state index contributed by atoms with van der Waals surface area (Å²) in [6, 6.07) is 0. The molecule has 0 N–H and O–H groups in total. The van der Waals surface area contributed by atoms with E-state index in [0.29, 0.717) is 0 Å². The molecule has 0 unspecified atom stereocenters. The summed E-state index contributed by atoms with van der Waals surface area (Å²) in [5.41, 5.74) is 1.09. The molecule has 0 aliphatic carbocycles. The van der Waals surface area contributed by atoms with Crippen LogP contribution in [0.2, 0.25) is 0 Å². The lowest BCUT2D eigenvalue weighted by Crippen LogP contribution is -1.33. The molecule has 0 aromatic heterocycles. The van der Waals surface area contributed by atoms with E-state index in [1.165, 1.54) is 0 Å². The van der Waals surface area contributed by atoms with Gasteiger partial charge in [-0.2, -0.15) is 0 Å². The van der Waals surface area contributed by atoms with Crippen LogP contribution in [0.1, 0.15) is 0 Å². The highest BCUT2D eigenvalue weighted by Gasteiger charge is 1.70. The van der Waals surface area contributed by atoms with E-state index in [2.05, 4.69) is 13.2 Å². The molecular formula is C4H9Cl7. The highest BCUT2D eigenvalue weighted by Crippen LogP contribution is 2.05. The normalized spacial score (nSPS) is 3.55. The van der Waals surface area contributed by atoms with Crippen LogP contribution >= 0.6 is 84.4 Å². The van der Waals surface area contributed by atoms with E-state index in [1.807, 2.05) is 0 Å². The molecule has 0 saturated carbocycles. The fourth-order valence-electron chi connectivity index (χ4n) is 0. The van der Waals surface area contributed by atoms with Crippen molar-refractivity contribution < 1.29 is 0 Å². The van der Waals surface area contributed by atoms with Gasteiger partial charge in [-0.1, -0.05) is 34.8 Å². The van der Waals surface area contributed by atoms with Crippen molar-refractivity contribution in [3.63, 3.8) is 0 Å². The maximum atomic E-state index is 4.96. The van der Waals surface area contributed by atoms with E-state index in [9.17, 15) is 0 Å². The van der Waals surface area contributed by atoms with E-state index in [-0.39, 0.29) is 54.1 Å². The third-order valence-electron chi connectivity index (χ3n) is 0.0825. The van der Waals surface area contributed by atoms with Crippen molar-refractivity contribution in [2.45, 2.75) is 0 Å². The summed E-state index contributed by atoms with van der Waals surface area (Å²) in [7, 11) is 0. The molecule has 0 radical (unpaired) electrons. The first kappa shape index (κ1) is 39.1. The zero-order valence-electron chi connectivity index (χ0n) is 5.26. The summed E-state index contributed by atoms with van der Waals surface area (Å²) in [5, 5.41) is 0. The second kappa shape index (κ2) is 41.9. The van der Waals surface area contributed by atoms with Gasteiger partial charge >= 0.3 is 0 Å². The first-order valence-electron chi connectivity index (χ1n) is 1.38. The minimum atomic E-state index is 0. The van der Waals surface area contributed by atoms with Gasteiger partial charge in [0.15, 0.2) is 0 Å².